The van der Waals surface area contributed by atoms with Gasteiger partial charge in [-0.25, -0.2) is 5.01 Å². The van der Waals surface area contributed by atoms with E-state index in [1.54, 1.807) is 25.1 Å². The molecule has 0 saturated carbocycles. The molecule has 6 heterocycles. The van der Waals surface area contributed by atoms with E-state index < -0.39 is 5.66 Å². The van der Waals surface area contributed by atoms with Crippen LogP contribution in [-0.2, 0) is 9.47 Å². The van der Waals surface area contributed by atoms with Gasteiger partial charge in [0.1, 0.15) is 17.2 Å². The van der Waals surface area contributed by atoms with Crippen LogP contribution in [0.25, 0.3) is 0 Å². The molecule has 11 nitrogen and oxygen atoms in total. The monoisotopic (exact) mass is 590 g/mol. The number of anilines is 2. The number of hydrazone groups is 1. The summed E-state index contributed by atoms with van der Waals surface area (Å²) in [6, 6.07) is 2.24. The van der Waals surface area contributed by atoms with Crippen molar-refractivity contribution in [2.45, 2.75) is 68.5 Å². The molecule has 0 aliphatic carbocycles. The summed E-state index contributed by atoms with van der Waals surface area (Å²) in [6.07, 6.45) is 13.3. The summed E-state index contributed by atoms with van der Waals surface area (Å²) in [5.74, 6) is 2.22. The summed E-state index contributed by atoms with van der Waals surface area (Å²) in [6.45, 7) is 6.63. The number of nitrogens with two attached hydrogens (primary N) is 1. The maximum absolute atomic E-state index is 6.91. The van der Waals surface area contributed by atoms with Crippen LogP contribution in [0.15, 0.2) is 63.1 Å². The minimum Gasteiger partial charge on any atom is -0.501 e. The van der Waals surface area contributed by atoms with Crippen molar-refractivity contribution in [1.82, 2.24) is 9.97 Å². The molecule has 0 radical (unpaired) electrons. The average Bonchev–Trinajstić information content (AvgIpc) is 3.52. The number of allylic oxidation sites excluding steroid dienone is 2. The van der Waals surface area contributed by atoms with Crippen LogP contribution in [0.5, 0.6) is 6.01 Å². The highest BCUT2D eigenvalue weighted by Gasteiger charge is 2.51. The molecule has 0 amide bonds. The topological polar surface area (TPSA) is 123 Å². The second kappa shape index (κ2) is 12.0. The fourth-order valence-electron chi connectivity index (χ4n) is 5.76. The van der Waals surface area contributed by atoms with Gasteiger partial charge in [0.05, 0.1) is 55.5 Å². The Morgan fingerprint density at radius 2 is 2.12 bits per heavy atom. The molecular formula is C30H38N8O3S. The summed E-state index contributed by atoms with van der Waals surface area (Å²) < 4.78 is 17.6. The summed E-state index contributed by atoms with van der Waals surface area (Å²) in [4.78, 5) is 21.1. The maximum Gasteiger partial charge on any atom is 0.320 e. The van der Waals surface area contributed by atoms with Crippen molar-refractivity contribution in [3.63, 3.8) is 0 Å². The molecule has 2 fully saturated rings. The highest BCUT2D eigenvalue weighted by atomic mass is 32.2. The van der Waals surface area contributed by atoms with Crippen LogP contribution in [0.2, 0.25) is 0 Å². The number of thioether (sulfide) groups is 1. The number of aliphatic imine (C=N–C) groups is 2. The Hall–Kier alpha value is -3.44. The fraction of sp³-hybridized carbons (Fsp3) is 0.533. The molecule has 0 bridgehead atoms. The van der Waals surface area contributed by atoms with Crippen LogP contribution in [-0.4, -0.2) is 82.9 Å². The van der Waals surface area contributed by atoms with Crippen molar-refractivity contribution < 1.29 is 14.2 Å². The Labute approximate surface area is 251 Å². The lowest BCUT2D eigenvalue weighted by Gasteiger charge is -2.34. The third-order valence-electron chi connectivity index (χ3n) is 8.29. The van der Waals surface area contributed by atoms with E-state index in [9.17, 15) is 0 Å². The molecule has 6 rings (SSSR count). The first-order valence-corrected chi connectivity index (χ1v) is 15.4. The van der Waals surface area contributed by atoms with E-state index >= 15 is 0 Å². The largest absolute Gasteiger partial charge is 0.501 e. The predicted molar refractivity (Wildman–Crippen MR) is 168 cm³/mol. The van der Waals surface area contributed by atoms with Gasteiger partial charge in [-0.3, -0.25) is 9.98 Å². The first-order valence-electron chi connectivity index (χ1n) is 14.5. The standard InChI is InChI=1S/C30H38N8O3S/c1-29(2)25(42-20-33-29)12-17-41-28-34-26(37-16-11-24-30(37,31)13-18-40-24)19-27(35-28)38-15-5-4-8-23(36-38)22-10-9-21(39-3)7-6-14-32-22/h5-6,8-9,14,19-20,24-25H,7,10-13,15-18,31H2,1-3H3/b14-6-,21-9?,32-22?/t24-,25?,30-/m1/s1. The van der Waals surface area contributed by atoms with Crippen molar-refractivity contribution in [1.29, 1.82) is 0 Å². The van der Waals surface area contributed by atoms with Gasteiger partial charge in [-0.15, -0.1) is 17.5 Å². The van der Waals surface area contributed by atoms with Gasteiger partial charge < -0.3 is 24.8 Å². The third kappa shape index (κ3) is 5.89. The van der Waals surface area contributed by atoms with E-state index in [1.165, 1.54) is 0 Å². The Kier molecular flexibility index (Phi) is 8.22. The van der Waals surface area contributed by atoms with Gasteiger partial charge >= 0.3 is 6.01 Å². The number of hydrogen-bond donors (Lipinski definition) is 1. The van der Waals surface area contributed by atoms with Crippen LogP contribution in [0.4, 0.5) is 11.6 Å². The van der Waals surface area contributed by atoms with Crippen molar-refractivity contribution in [3.05, 3.63) is 48.1 Å². The molecule has 0 spiro atoms. The van der Waals surface area contributed by atoms with Crippen LogP contribution in [0, 0.1) is 0 Å². The molecule has 3 atom stereocenters. The SMILES string of the molecule is COC1=CCC(C2=NN(c3cc(N4CC[C@H]5OCC[C@]54N)nc(OCCC4SC=NC4(C)C)n3)CC=C=C2)=N/C=C\C1. The molecule has 2 saturated heterocycles. The van der Waals surface area contributed by atoms with E-state index in [4.69, 9.17) is 35.0 Å². The Morgan fingerprint density at radius 3 is 2.95 bits per heavy atom. The van der Waals surface area contributed by atoms with Crippen LogP contribution < -0.4 is 20.4 Å². The first-order chi connectivity index (χ1) is 20.4. The summed E-state index contributed by atoms with van der Waals surface area (Å²) in [5, 5.41) is 7.14. The number of aromatic nitrogens is 2. The van der Waals surface area contributed by atoms with E-state index in [-0.39, 0.29) is 11.6 Å². The zero-order valence-electron chi connectivity index (χ0n) is 24.4. The lowest BCUT2D eigenvalue weighted by atomic mass is 9.99. The van der Waals surface area contributed by atoms with Crippen molar-refractivity contribution in [3.8, 4) is 6.01 Å². The highest BCUT2D eigenvalue weighted by molar-refractivity contribution is 8.13. The van der Waals surface area contributed by atoms with Gasteiger partial charge in [0.15, 0.2) is 5.82 Å². The molecule has 1 aromatic rings. The molecule has 5 aliphatic heterocycles. The van der Waals surface area contributed by atoms with Gasteiger partial charge in [-0.05, 0) is 38.8 Å². The number of nitrogens with zero attached hydrogens (tertiary/aromatic N) is 7. The Balaban J connectivity index is 1.30. The Morgan fingerprint density at radius 1 is 1.24 bits per heavy atom. The summed E-state index contributed by atoms with van der Waals surface area (Å²) in [7, 11) is 1.69. The van der Waals surface area contributed by atoms with Gasteiger partial charge in [0.2, 0.25) is 0 Å². The molecule has 42 heavy (non-hydrogen) atoms. The lowest BCUT2D eigenvalue weighted by Crippen LogP contribution is -2.56. The van der Waals surface area contributed by atoms with E-state index in [0.29, 0.717) is 61.2 Å². The molecule has 0 aromatic carbocycles. The van der Waals surface area contributed by atoms with Crippen LogP contribution >= 0.6 is 11.8 Å². The molecular weight excluding hydrogens is 552 g/mol. The second-order valence-electron chi connectivity index (χ2n) is 11.4. The fourth-order valence-corrected chi connectivity index (χ4v) is 6.86. The van der Waals surface area contributed by atoms with Gasteiger partial charge in [0.25, 0.3) is 0 Å². The lowest BCUT2D eigenvalue weighted by molar-refractivity contribution is 0.0959. The van der Waals surface area contributed by atoms with Crippen molar-refractivity contribution in [2.24, 2.45) is 20.8 Å². The molecule has 1 unspecified atom stereocenters. The zero-order valence-corrected chi connectivity index (χ0v) is 25.2. The quantitative estimate of drug-likeness (QED) is 0.448. The normalized spacial score (nSPS) is 28.9. The molecule has 222 valence electrons. The third-order valence-corrected chi connectivity index (χ3v) is 9.66. The number of methoxy groups -OCH3 is 1. The van der Waals surface area contributed by atoms with E-state index in [1.807, 2.05) is 40.9 Å². The Bertz CT molecular complexity index is 1410. The van der Waals surface area contributed by atoms with Gasteiger partial charge in [0, 0.05) is 49.4 Å². The molecule has 12 heteroatoms. The molecule has 1 aromatic heterocycles. The smallest absolute Gasteiger partial charge is 0.320 e. The maximum atomic E-state index is 6.91. The molecule has 5 aliphatic rings. The number of hydrogen-bond acceptors (Lipinski definition) is 12. The number of rotatable bonds is 8. The highest BCUT2D eigenvalue weighted by Crippen LogP contribution is 2.39. The van der Waals surface area contributed by atoms with Gasteiger partial charge in [-0.2, -0.15) is 15.1 Å². The summed E-state index contributed by atoms with van der Waals surface area (Å²) in [5.41, 5.74) is 12.9. The minimum atomic E-state index is -0.606. The average molecular weight is 591 g/mol. The molecule has 2 N–H and O–H groups in total. The number of fused-ring (bicyclic) bond motifs is 1. The van der Waals surface area contributed by atoms with E-state index in [0.717, 1.165) is 37.3 Å². The summed E-state index contributed by atoms with van der Waals surface area (Å²) >= 11 is 1.74. The second-order valence-corrected chi connectivity index (χ2v) is 12.4. The minimum absolute atomic E-state index is 0.0210. The van der Waals surface area contributed by atoms with E-state index in [2.05, 4.69) is 34.5 Å². The number of ether oxygens (including phenoxy) is 3. The van der Waals surface area contributed by atoms with Gasteiger partial charge in [-0.1, -0.05) is 6.08 Å². The van der Waals surface area contributed by atoms with Crippen LogP contribution in [0.3, 0.4) is 0 Å². The zero-order chi connectivity index (χ0) is 29.2. The van der Waals surface area contributed by atoms with Crippen molar-refractivity contribution in [2.75, 3.05) is 43.3 Å². The van der Waals surface area contributed by atoms with Crippen molar-refractivity contribution >= 4 is 40.4 Å². The first kappa shape index (κ1) is 28.7. The van der Waals surface area contributed by atoms with Crippen LogP contribution in [0.1, 0.15) is 46.0 Å². The predicted octanol–water partition coefficient (Wildman–Crippen LogP) is 3.99.